The SMILES string of the molecule is Cc1ccccc1/C=C/NC(=O)NCCN1CCOCC1. The Kier molecular flexibility index (Phi) is 6.24. The highest BCUT2D eigenvalue weighted by Crippen LogP contribution is 2.07. The second kappa shape index (κ2) is 8.44. The molecule has 1 aromatic carbocycles. The first-order valence-corrected chi connectivity index (χ1v) is 7.32. The number of morpholine rings is 1. The molecule has 2 amide bonds. The summed E-state index contributed by atoms with van der Waals surface area (Å²) < 4.78 is 5.28. The largest absolute Gasteiger partial charge is 0.379 e. The monoisotopic (exact) mass is 289 g/mol. The maximum absolute atomic E-state index is 11.6. The van der Waals surface area contributed by atoms with Crippen LogP contribution in [-0.2, 0) is 4.74 Å². The minimum Gasteiger partial charge on any atom is -0.379 e. The topological polar surface area (TPSA) is 53.6 Å². The molecule has 0 unspecified atom stereocenters. The summed E-state index contributed by atoms with van der Waals surface area (Å²) in [7, 11) is 0. The summed E-state index contributed by atoms with van der Waals surface area (Å²) >= 11 is 0. The fourth-order valence-electron chi connectivity index (χ4n) is 2.18. The molecule has 0 aromatic heterocycles. The minimum atomic E-state index is -0.173. The van der Waals surface area contributed by atoms with E-state index in [2.05, 4.69) is 15.5 Å². The summed E-state index contributed by atoms with van der Waals surface area (Å²) in [6, 6.07) is 7.87. The fraction of sp³-hybridized carbons (Fsp3) is 0.438. The zero-order chi connectivity index (χ0) is 14.9. The number of benzene rings is 1. The number of hydrogen-bond donors (Lipinski definition) is 2. The van der Waals surface area contributed by atoms with E-state index in [1.165, 1.54) is 5.56 Å². The van der Waals surface area contributed by atoms with Gasteiger partial charge >= 0.3 is 6.03 Å². The molecule has 0 atom stereocenters. The number of nitrogens with one attached hydrogen (secondary N) is 2. The summed E-state index contributed by atoms with van der Waals surface area (Å²) in [6.45, 7) is 6.99. The van der Waals surface area contributed by atoms with E-state index in [9.17, 15) is 4.79 Å². The van der Waals surface area contributed by atoms with Crippen LogP contribution in [0.4, 0.5) is 4.79 Å². The van der Waals surface area contributed by atoms with Crippen molar-refractivity contribution in [2.75, 3.05) is 39.4 Å². The molecule has 1 aliphatic rings. The van der Waals surface area contributed by atoms with Crippen molar-refractivity contribution in [3.05, 3.63) is 41.6 Å². The second-order valence-corrected chi connectivity index (χ2v) is 5.04. The van der Waals surface area contributed by atoms with Crippen LogP contribution in [0.2, 0.25) is 0 Å². The first kappa shape index (κ1) is 15.5. The smallest absolute Gasteiger partial charge is 0.318 e. The number of carbonyl (C=O) groups is 1. The third-order valence-corrected chi connectivity index (χ3v) is 3.48. The van der Waals surface area contributed by atoms with E-state index in [4.69, 9.17) is 4.74 Å². The quantitative estimate of drug-likeness (QED) is 0.865. The van der Waals surface area contributed by atoms with E-state index in [-0.39, 0.29) is 6.03 Å². The van der Waals surface area contributed by atoms with Gasteiger partial charge in [0.15, 0.2) is 0 Å². The van der Waals surface area contributed by atoms with Crippen LogP contribution < -0.4 is 10.6 Å². The molecule has 0 saturated carbocycles. The van der Waals surface area contributed by atoms with Crippen molar-refractivity contribution in [1.82, 2.24) is 15.5 Å². The van der Waals surface area contributed by atoms with Crippen LogP contribution in [0.1, 0.15) is 11.1 Å². The van der Waals surface area contributed by atoms with Gasteiger partial charge < -0.3 is 15.4 Å². The lowest BCUT2D eigenvalue weighted by atomic mass is 10.1. The highest BCUT2D eigenvalue weighted by Gasteiger charge is 2.09. The van der Waals surface area contributed by atoms with Gasteiger partial charge in [0.1, 0.15) is 0 Å². The van der Waals surface area contributed by atoms with Gasteiger partial charge in [-0.05, 0) is 24.1 Å². The molecule has 0 spiro atoms. The standard InChI is InChI=1S/C16H23N3O2/c1-14-4-2-3-5-15(14)6-7-17-16(20)18-8-9-19-10-12-21-13-11-19/h2-7H,8-13H2,1H3,(H2,17,18,20)/b7-6+. The predicted molar refractivity (Wildman–Crippen MR) is 84.0 cm³/mol. The van der Waals surface area contributed by atoms with Crippen molar-refractivity contribution in [3.8, 4) is 0 Å². The molecule has 1 heterocycles. The Morgan fingerprint density at radius 1 is 1.33 bits per heavy atom. The van der Waals surface area contributed by atoms with Crippen molar-refractivity contribution in [3.63, 3.8) is 0 Å². The molecular formula is C16H23N3O2. The minimum absolute atomic E-state index is 0.173. The molecule has 1 aromatic rings. The summed E-state index contributed by atoms with van der Waals surface area (Å²) in [5.74, 6) is 0. The van der Waals surface area contributed by atoms with Crippen LogP contribution >= 0.6 is 0 Å². The number of aryl methyl sites for hydroxylation is 1. The van der Waals surface area contributed by atoms with Crippen LogP contribution in [0.3, 0.4) is 0 Å². The lowest BCUT2D eigenvalue weighted by Gasteiger charge is -2.26. The van der Waals surface area contributed by atoms with Gasteiger partial charge in [0.25, 0.3) is 0 Å². The molecule has 114 valence electrons. The first-order chi connectivity index (χ1) is 10.3. The Balaban J connectivity index is 1.64. The van der Waals surface area contributed by atoms with E-state index >= 15 is 0 Å². The summed E-state index contributed by atoms with van der Waals surface area (Å²) in [5, 5.41) is 5.57. The number of ether oxygens (including phenoxy) is 1. The van der Waals surface area contributed by atoms with Gasteiger partial charge in [-0.2, -0.15) is 0 Å². The zero-order valence-electron chi connectivity index (χ0n) is 12.5. The Morgan fingerprint density at radius 3 is 2.86 bits per heavy atom. The van der Waals surface area contributed by atoms with Crippen LogP contribution in [-0.4, -0.2) is 50.3 Å². The number of urea groups is 1. The highest BCUT2D eigenvalue weighted by molar-refractivity contribution is 5.75. The van der Waals surface area contributed by atoms with E-state index in [1.807, 2.05) is 37.3 Å². The van der Waals surface area contributed by atoms with Crippen LogP contribution in [0.15, 0.2) is 30.5 Å². The lowest BCUT2D eigenvalue weighted by molar-refractivity contribution is 0.0387. The maximum atomic E-state index is 11.6. The number of amides is 2. The van der Waals surface area contributed by atoms with Gasteiger partial charge in [0.2, 0.25) is 0 Å². The molecular weight excluding hydrogens is 266 g/mol. The van der Waals surface area contributed by atoms with E-state index in [0.29, 0.717) is 6.54 Å². The molecule has 5 heteroatoms. The van der Waals surface area contributed by atoms with E-state index < -0.39 is 0 Å². The Bertz CT molecular complexity index is 482. The Labute approximate surface area is 126 Å². The van der Waals surface area contributed by atoms with Crippen molar-refractivity contribution < 1.29 is 9.53 Å². The third kappa shape index (κ3) is 5.57. The molecule has 2 N–H and O–H groups in total. The van der Waals surface area contributed by atoms with E-state index in [1.54, 1.807) is 6.20 Å². The molecule has 1 aliphatic heterocycles. The molecule has 21 heavy (non-hydrogen) atoms. The Hall–Kier alpha value is -1.85. The fourth-order valence-corrected chi connectivity index (χ4v) is 2.18. The normalized spacial score (nSPS) is 16.0. The van der Waals surface area contributed by atoms with Crippen molar-refractivity contribution in [2.45, 2.75) is 6.92 Å². The van der Waals surface area contributed by atoms with Crippen molar-refractivity contribution in [1.29, 1.82) is 0 Å². The molecule has 0 aliphatic carbocycles. The average molecular weight is 289 g/mol. The van der Waals surface area contributed by atoms with Gasteiger partial charge in [0.05, 0.1) is 13.2 Å². The van der Waals surface area contributed by atoms with Gasteiger partial charge in [0, 0.05) is 32.4 Å². The van der Waals surface area contributed by atoms with Gasteiger partial charge in [-0.1, -0.05) is 24.3 Å². The molecule has 0 radical (unpaired) electrons. The van der Waals surface area contributed by atoms with Gasteiger partial charge in [-0.15, -0.1) is 0 Å². The van der Waals surface area contributed by atoms with Gasteiger partial charge in [-0.3, -0.25) is 4.90 Å². The predicted octanol–water partition coefficient (Wildman–Crippen LogP) is 1.60. The van der Waals surface area contributed by atoms with Crippen molar-refractivity contribution in [2.24, 2.45) is 0 Å². The first-order valence-electron chi connectivity index (χ1n) is 7.32. The van der Waals surface area contributed by atoms with Crippen LogP contribution in [0.25, 0.3) is 6.08 Å². The number of nitrogens with zero attached hydrogens (tertiary/aromatic N) is 1. The number of rotatable bonds is 5. The highest BCUT2D eigenvalue weighted by atomic mass is 16.5. The van der Waals surface area contributed by atoms with Crippen LogP contribution in [0, 0.1) is 6.92 Å². The number of hydrogen-bond acceptors (Lipinski definition) is 3. The third-order valence-electron chi connectivity index (χ3n) is 3.48. The number of carbonyl (C=O) groups excluding carboxylic acids is 1. The average Bonchev–Trinajstić information content (AvgIpc) is 2.50. The maximum Gasteiger partial charge on any atom is 0.318 e. The van der Waals surface area contributed by atoms with Crippen LogP contribution in [0.5, 0.6) is 0 Å². The molecule has 5 nitrogen and oxygen atoms in total. The van der Waals surface area contributed by atoms with E-state index in [0.717, 1.165) is 38.4 Å². The molecule has 1 fully saturated rings. The van der Waals surface area contributed by atoms with Gasteiger partial charge in [-0.25, -0.2) is 4.79 Å². The zero-order valence-corrected chi connectivity index (χ0v) is 12.5. The molecule has 1 saturated heterocycles. The summed E-state index contributed by atoms with van der Waals surface area (Å²) in [5.41, 5.74) is 2.29. The Morgan fingerprint density at radius 2 is 2.10 bits per heavy atom. The van der Waals surface area contributed by atoms with Crippen molar-refractivity contribution >= 4 is 12.1 Å². The lowest BCUT2D eigenvalue weighted by Crippen LogP contribution is -2.42. The second-order valence-electron chi connectivity index (χ2n) is 5.04. The molecule has 0 bridgehead atoms. The summed E-state index contributed by atoms with van der Waals surface area (Å²) in [4.78, 5) is 13.9. The summed E-state index contributed by atoms with van der Waals surface area (Å²) in [6.07, 6.45) is 3.57. The molecule has 2 rings (SSSR count).